The van der Waals surface area contributed by atoms with Gasteiger partial charge in [0.25, 0.3) is 11.4 Å². The van der Waals surface area contributed by atoms with Gasteiger partial charge in [0.15, 0.2) is 0 Å². The molecular weight excluding hydrogens is 363 g/mol. The normalized spacial score (nSPS) is 25.8. The van der Waals surface area contributed by atoms with Gasteiger partial charge in [0.2, 0.25) is 0 Å². The topological polar surface area (TPSA) is 131 Å². The number of ether oxygens (including phenoxy) is 1. The van der Waals surface area contributed by atoms with Crippen molar-refractivity contribution in [2.75, 3.05) is 6.61 Å². The average molecular weight is 377 g/mol. The maximum Gasteiger partial charge on any atom is 0.437 e. The summed E-state index contributed by atoms with van der Waals surface area (Å²) in [5, 5.41) is 24.2. The van der Waals surface area contributed by atoms with Crippen molar-refractivity contribution in [2.45, 2.75) is 24.9 Å². The SMILES string of the molecule is CCOC(=O)[C@H]1[C@@H](c2ccc([N+](=O)[O-])cc2)NC(=O)N[C@@]1(O)C(F)(F)F. The number of nitrogens with one attached hydrogen (secondary N) is 2. The summed E-state index contributed by atoms with van der Waals surface area (Å²) in [6.45, 7) is 1.10. The summed E-state index contributed by atoms with van der Waals surface area (Å²) < 4.78 is 44.9. The number of alkyl halides is 3. The Bertz CT molecular complexity index is 724. The molecule has 1 aliphatic rings. The Morgan fingerprint density at radius 2 is 1.96 bits per heavy atom. The van der Waals surface area contributed by atoms with Crippen LogP contribution in [0.5, 0.6) is 0 Å². The highest BCUT2D eigenvalue weighted by atomic mass is 19.4. The number of non-ortho nitro benzene ring substituents is 1. The molecule has 0 aliphatic carbocycles. The largest absolute Gasteiger partial charge is 0.466 e. The number of halogens is 3. The fourth-order valence-corrected chi connectivity index (χ4v) is 2.62. The molecule has 0 bridgehead atoms. The summed E-state index contributed by atoms with van der Waals surface area (Å²) in [5.41, 5.74) is -4.27. The van der Waals surface area contributed by atoms with Gasteiger partial charge in [-0.3, -0.25) is 14.9 Å². The first-order chi connectivity index (χ1) is 12.0. The molecule has 12 heteroatoms. The third-order valence-corrected chi connectivity index (χ3v) is 3.81. The highest BCUT2D eigenvalue weighted by molar-refractivity contribution is 5.83. The number of nitrogens with zero attached hydrogens (tertiary/aromatic N) is 1. The second-order valence-electron chi connectivity index (χ2n) is 5.42. The summed E-state index contributed by atoms with van der Waals surface area (Å²) in [6, 6.07) is 1.16. The number of nitro groups is 1. The molecule has 2 rings (SSSR count). The first-order valence-electron chi connectivity index (χ1n) is 7.30. The second kappa shape index (κ2) is 6.78. The number of hydrogen-bond donors (Lipinski definition) is 3. The minimum atomic E-state index is -5.39. The Kier molecular flexibility index (Phi) is 5.07. The van der Waals surface area contributed by atoms with Gasteiger partial charge in [0.1, 0.15) is 5.92 Å². The van der Waals surface area contributed by atoms with Gasteiger partial charge in [-0.05, 0) is 12.5 Å². The summed E-state index contributed by atoms with van der Waals surface area (Å²) >= 11 is 0. The Balaban J connectivity index is 2.54. The van der Waals surface area contributed by atoms with E-state index in [1.807, 2.05) is 0 Å². The van der Waals surface area contributed by atoms with E-state index >= 15 is 0 Å². The number of carbonyl (C=O) groups is 2. The monoisotopic (exact) mass is 377 g/mol. The fraction of sp³-hybridized carbons (Fsp3) is 0.429. The van der Waals surface area contributed by atoms with E-state index in [9.17, 15) is 38.0 Å². The van der Waals surface area contributed by atoms with E-state index in [4.69, 9.17) is 0 Å². The van der Waals surface area contributed by atoms with Crippen LogP contribution < -0.4 is 10.6 Å². The molecule has 9 nitrogen and oxygen atoms in total. The maximum absolute atomic E-state index is 13.4. The molecule has 1 heterocycles. The van der Waals surface area contributed by atoms with Gasteiger partial charge in [-0.2, -0.15) is 13.2 Å². The van der Waals surface area contributed by atoms with E-state index in [0.717, 1.165) is 24.3 Å². The predicted octanol–water partition coefficient (Wildman–Crippen LogP) is 1.38. The van der Waals surface area contributed by atoms with Crippen molar-refractivity contribution < 1.29 is 37.5 Å². The Hall–Kier alpha value is -2.89. The number of rotatable bonds is 4. The van der Waals surface area contributed by atoms with Crippen LogP contribution in [0.4, 0.5) is 23.7 Å². The number of amides is 2. The first-order valence-corrected chi connectivity index (χ1v) is 7.30. The van der Waals surface area contributed by atoms with Crippen LogP contribution in [0.25, 0.3) is 0 Å². The van der Waals surface area contributed by atoms with Gasteiger partial charge >= 0.3 is 18.2 Å². The lowest BCUT2D eigenvalue weighted by molar-refractivity contribution is -0.384. The smallest absolute Gasteiger partial charge is 0.437 e. The minimum absolute atomic E-state index is 0.0498. The summed E-state index contributed by atoms with van der Waals surface area (Å²) in [6.07, 6.45) is -5.39. The van der Waals surface area contributed by atoms with Crippen molar-refractivity contribution in [3.05, 3.63) is 39.9 Å². The Labute approximate surface area is 144 Å². The molecule has 0 aromatic heterocycles. The van der Waals surface area contributed by atoms with Crippen LogP contribution in [0, 0.1) is 16.0 Å². The van der Waals surface area contributed by atoms with Crippen LogP contribution in [0.1, 0.15) is 18.5 Å². The molecule has 0 unspecified atom stereocenters. The molecule has 142 valence electrons. The van der Waals surface area contributed by atoms with Crippen LogP contribution >= 0.6 is 0 Å². The van der Waals surface area contributed by atoms with Gasteiger partial charge in [-0.1, -0.05) is 12.1 Å². The maximum atomic E-state index is 13.4. The zero-order valence-corrected chi connectivity index (χ0v) is 13.2. The fourth-order valence-electron chi connectivity index (χ4n) is 2.62. The number of urea groups is 1. The van der Waals surface area contributed by atoms with Crippen molar-refractivity contribution in [1.29, 1.82) is 0 Å². The molecular formula is C14H14F3N3O6. The van der Waals surface area contributed by atoms with E-state index in [-0.39, 0.29) is 17.9 Å². The van der Waals surface area contributed by atoms with Gasteiger partial charge in [0, 0.05) is 12.1 Å². The second-order valence-corrected chi connectivity index (χ2v) is 5.42. The molecule has 1 fully saturated rings. The molecule has 0 saturated carbocycles. The number of hydrogen-bond acceptors (Lipinski definition) is 6. The lowest BCUT2D eigenvalue weighted by atomic mass is 9.82. The van der Waals surface area contributed by atoms with Crippen LogP contribution in [0.15, 0.2) is 24.3 Å². The molecule has 1 aromatic rings. The summed E-state index contributed by atoms with van der Waals surface area (Å²) in [7, 11) is 0. The standard InChI is InChI=1S/C14H14F3N3O6/c1-2-26-11(21)9-10(7-3-5-8(6-4-7)20(24)25)18-12(22)19-13(9,23)14(15,16)17/h3-6,9-10,23H,2H2,1H3,(H2,18,19,22)/t9-,10-,13+/m1/s1. The number of esters is 1. The Morgan fingerprint density at radius 3 is 2.42 bits per heavy atom. The van der Waals surface area contributed by atoms with Gasteiger partial charge in [-0.25, -0.2) is 4.79 Å². The van der Waals surface area contributed by atoms with E-state index in [2.05, 4.69) is 10.1 Å². The van der Waals surface area contributed by atoms with E-state index < -0.39 is 40.8 Å². The van der Waals surface area contributed by atoms with E-state index in [1.165, 1.54) is 12.2 Å². The number of carbonyl (C=O) groups excluding carboxylic acids is 2. The van der Waals surface area contributed by atoms with Crippen LogP contribution in [0.3, 0.4) is 0 Å². The van der Waals surface area contributed by atoms with Gasteiger partial charge < -0.3 is 20.5 Å². The average Bonchev–Trinajstić information content (AvgIpc) is 2.53. The van der Waals surface area contributed by atoms with Gasteiger partial charge in [0.05, 0.1) is 17.6 Å². The number of aliphatic hydroxyl groups is 1. The molecule has 1 aliphatic heterocycles. The highest BCUT2D eigenvalue weighted by Crippen LogP contribution is 2.43. The molecule has 0 spiro atoms. The van der Waals surface area contributed by atoms with Crippen molar-refractivity contribution in [1.82, 2.24) is 10.6 Å². The van der Waals surface area contributed by atoms with Crippen molar-refractivity contribution in [3.63, 3.8) is 0 Å². The Morgan fingerprint density at radius 1 is 1.38 bits per heavy atom. The molecule has 1 saturated heterocycles. The van der Waals surface area contributed by atoms with Crippen LogP contribution in [-0.4, -0.2) is 40.5 Å². The zero-order chi connectivity index (χ0) is 19.7. The van der Waals surface area contributed by atoms with Crippen molar-refractivity contribution in [3.8, 4) is 0 Å². The van der Waals surface area contributed by atoms with Gasteiger partial charge in [-0.15, -0.1) is 0 Å². The molecule has 0 radical (unpaired) electrons. The van der Waals surface area contributed by atoms with Crippen molar-refractivity contribution in [2.24, 2.45) is 5.92 Å². The molecule has 3 N–H and O–H groups in total. The number of benzene rings is 1. The highest BCUT2D eigenvalue weighted by Gasteiger charge is 2.67. The summed E-state index contributed by atoms with van der Waals surface area (Å²) in [5.74, 6) is -3.68. The lowest BCUT2D eigenvalue weighted by Crippen LogP contribution is -2.73. The van der Waals surface area contributed by atoms with Crippen molar-refractivity contribution >= 4 is 17.7 Å². The van der Waals surface area contributed by atoms with E-state index in [1.54, 1.807) is 0 Å². The lowest BCUT2D eigenvalue weighted by Gasteiger charge is -2.44. The minimum Gasteiger partial charge on any atom is -0.466 e. The third-order valence-electron chi connectivity index (χ3n) is 3.81. The predicted molar refractivity (Wildman–Crippen MR) is 78.6 cm³/mol. The quantitative estimate of drug-likeness (QED) is 0.413. The molecule has 3 atom stereocenters. The van der Waals surface area contributed by atoms with E-state index in [0.29, 0.717) is 0 Å². The van der Waals surface area contributed by atoms with Crippen LogP contribution in [-0.2, 0) is 9.53 Å². The molecule has 1 aromatic carbocycles. The third kappa shape index (κ3) is 3.40. The summed E-state index contributed by atoms with van der Waals surface area (Å²) in [4.78, 5) is 33.8. The zero-order valence-electron chi connectivity index (χ0n) is 13.2. The molecule has 26 heavy (non-hydrogen) atoms. The van der Waals surface area contributed by atoms with Crippen LogP contribution in [0.2, 0.25) is 0 Å². The number of nitro benzene ring substituents is 1. The first kappa shape index (κ1) is 19.4. The molecule has 2 amide bonds.